The van der Waals surface area contributed by atoms with Crippen LogP contribution in [0.15, 0.2) is 18.3 Å². The van der Waals surface area contributed by atoms with Crippen LogP contribution in [0, 0.1) is 10.1 Å². The summed E-state index contributed by atoms with van der Waals surface area (Å²) < 4.78 is 10.6. The molecule has 0 spiro atoms. The van der Waals surface area contributed by atoms with Crippen LogP contribution in [0.4, 0.5) is 5.69 Å². The average Bonchev–Trinajstić information content (AvgIpc) is 2.40. The zero-order valence-corrected chi connectivity index (χ0v) is 9.95. The number of pyridine rings is 1. The van der Waals surface area contributed by atoms with E-state index in [1.807, 2.05) is 0 Å². The third kappa shape index (κ3) is 3.38. The van der Waals surface area contributed by atoms with Gasteiger partial charge in [-0.05, 0) is 6.07 Å². The van der Waals surface area contributed by atoms with Crippen molar-refractivity contribution in [1.82, 2.24) is 9.88 Å². The SMILES string of the molecule is O=[N+]([O-])c1cccnc1OCCN1CCOCC1. The highest BCUT2D eigenvalue weighted by molar-refractivity contribution is 5.39. The van der Waals surface area contributed by atoms with E-state index in [1.54, 1.807) is 0 Å². The molecule has 7 nitrogen and oxygen atoms in total. The van der Waals surface area contributed by atoms with Gasteiger partial charge < -0.3 is 9.47 Å². The summed E-state index contributed by atoms with van der Waals surface area (Å²) in [5, 5.41) is 10.7. The van der Waals surface area contributed by atoms with Crippen LogP contribution < -0.4 is 4.74 Å². The van der Waals surface area contributed by atoms with Crippen molar-refractivity contribution in [2.75, 3.05) is 39.5 Å². The van der Waals surface area contributed by atoms with Crippen LogP contribution in [0.3, 0.4) is 0 Å². The number of rotatable bonds is 5. The Balaban J connectivity index is 1.84. The van der Waals surface area contributed by atoms with Crippen molar-refractivity contribution in [3.05, 3.63) is 28.4 Å². The second-order valence-corrected chi connectivity index (χ2v) is 3.89. The molecule has 0 amide bonds. The van der Waals surface area contributed by atoms with Crippen molar-refractivity contribution in [3.63, 3.8) is 0 Å². The molecule has 7 heteroatoms. The van der Waals surface area contributed by atoms with Crippen molar-refractivity contribution < 1.29 is 14.4 Å². The maximum absolute atomic E-state index is 10.7. The zero-order valence-electron chi connectivity index (χ0n) is 9.95. The molecule has 1 aliphatic heterocycles. The molecule has 1 aromatic heterocycles. The van der Waals surface area contributed by atoms with Crippen LogP contribution in [0.2, 0.25) is 0 Å². The molecule has 0 unspecified atom stereocenters. The van der Waals surface area contributed by atoms with E-state index in [1.165, 1.54) is 18.3 Å². The van der Waals surface area contributed by atoms with Gasteiger partial charge in [0.2, 0.25) is 0 Å². The molecule has 98 valence electrons. The lowest BCUT2D eigenvalue weighted by molar-refractivity contribution is -0.386. The van der Waals surface area contributed by atoms with Gasteiger partial charge in [0.1, 0.15) is 6.61 Å². The lowest BCUT2D eigenvalue weighted by Gasteiger charge is -2.26. The van der Waals surface area contributed by atoms with E-state index in [0.717, 1.165) is 32.8 Å². The first kappa shape index (κ1) is 12.7. The number of hydrogen-bond acceptors (Lipinski definition) is 6. The number of nitro groups is 1. The molecule has 2 heterocycles. The summed E-state index contributed by atoms with van der Waals surface area (Å²) in [5.74, 6) is 0.0794. The largest absolute Gasteiger partial charge is 0.471 e. The van der Waals surface area contributed by atoms with E-state index >= 15 is 0 Å². The number of morpholine rings is 1. The van der Waals surface area contributed by atoms with Crippen molar-refractivity contribution in [2.45, 2.75) is 0 Å². The summed E-state index contributed by atoms with van der Waals surface area (Å²) in [6.07, 6.45) is 1.48. The highest BCUT2D eigenvalue weighted by atomic mass is 16.6. The standard InChI is InChI=1S/C11H15N3O4/c15-14(16)10-2-1-3-12-11(10)18-9-6-13-4-7-17-8-5-13/h1-3H,4-9H2. The lowest BCUT2D eigenvalue weighted by atomic mass is 10.4. The van der Waals surface area contributed by atoms with Crippen LogP contribution in [-0.4, -0.2) is 54.3 Å². The topological polar surface area (TPSA) is 77.7 Å². The Bertz CT molecular complexity index is 407. The van der Waals surface area contributed by atoms with Crippen molar-refractivity contribution in [2.24, 2.45) is 0 Å². The van der Waals surface area contributed by atoms with Gasteiger partial charge in [0.15, 0.2) is 0 Å². The van der Waals surface area contributed by atoms with E-state index < -0.39 is 4.92 Å². The first-order valence-corrected chi connectivity index (χ1v) is 5.79. The molecule has 1 fully saturated rings. The molecule has 0 aromatic carbocycles. The molecular weight excluding hydrogens is 238 g/mol. The molecule has 0 radical (unpaired) electrons. The quantitative estimate of drug-likeness (QED) is 0.568. The second kappa shape index (κ2) is 6.27. The van der Waals surface area contributed by atoms with Crippen molar-refractivity contribution in [1.29, 1.82) is 0 Å². The Morgan fingerprint density at radius 3 is 3.00 bits per heavy atom. The second-order valence-electron chi connectivity index (χ2n) is 3.89. The Kier molecular flexibility index (Phi) is 4.43. The van der Waals surface area contributed by atoms with Gasteiger partial charge in [-0.3, -0.25) is 15.0 Å². The summed E-state index contributed by atoms with van der Waals surface area (Å²) in [7, 11) is 0. The van der Waals surface area contributed by atoms with E-state index in [0.29, 0.717) is 6.61 Å². The average molecular weight is 253 g/mol. The molecule has 0 saturated carbocycles. The Labute approximate surface area is 104 Å². The van der Waals surface area contributed by atoms with Crippen LogP contribution in [0.5, 0.6) is 5.88 Å². The normalized spacial score (nSPS) is 16.4. The predicted molar refractivity (Wildman–Crippen MR) is 63.6 cm³/mol. The van der Waals surface area contributed by atoms with E-state index in [-0.39, 0.29) is 11.6 Å². The minimum Gasteiger partial charge on any atom is -0.471 e. The van der Waals surface area contributed by atoms with Gasteiger partial charge in [0.05, 0.1) is 18.1 Å². The maximum atomic E-state index is 10.7. The first-order chi connectivity index (χ1) is 8.77. The van der Waals surface area contributed by atoms with Gasteiger partial charge in [-0.25, -0.2) is 4.98 Å². The molecule has 1 aromatic rings. The number of ether oxygens (including phenoxy) is 2. The molecule has 2 rings (SSSR count). The van der Waals surface area contributed by atoms with Crippen LogP contribution in [-0.2, 0) is 4.74 Å². The molecule has 1 saturated heterocycles. The van der Waals surface area contributed by atoms with Gasteiger partial charge in [-0.1, -0.05) is 0 Å². The molecule has 0 atom stereocenters. The lowest BCUT2D eigenvalue weighted by Crippen LogP contribution is -2.38. The molecule has 1 aliphatic rings. The Morgan fingerprint density at radius 1 is 1.50 bits per heavy atom. The minimum atomic E-state index is -0.489. The third-order valence-electron chi connectivity index (χ3n) is 2.70. The van der Waals surface area contributed by atoms with Crippen molar-refractivity contribution >= 4 is 5.69 Å². The monoisotopic (exact) mass is 253 g/mol. The van der Waals surface area contributed by atoms with Crippen LogP contribution in [0.1, 0.15) is 0 Å². The molecular formula is C11H15N3O4. The first-order valence-electron chi connectivity index (χ1n) is 5.79. The highest BCUT2D eigenvalue weighted by Crippen LogP contribution is 2.22. The van der Waals surface area contributed by atoms with E-state index in [2.05, 4.69) is 9.88 Å². The summed E-state index contributed by atoms with van der Waals surface area (Å²) in [5.41, 5.74) is -0.0977. The fraction of sp³-hybridized carbons (Fsp3) is 0.545. The van der Waals surface area contributed by atoms with Gasteiger partial charge in [-0.2, -0.15) is 0 Å². The molecule has 0 aliphatic carbocycles. The summed E-state index contributed by atoms with van der Waals surface area (Å²) >= 11 is 0. The third-order valence-corrected chi connectivity index (χ3v) is 2.70. The van der Waals surface area contributed by atoms with Crippen LogP contribution >= 0.6 is 0 Å². The predicted octanol–water partition coefficient (Wildman–Crippen LogP) is 0.701. The van der Waals surface area contributed by atoms with Gasteiger partial charge in [0, 0.05) is 31.9 Å². The fourth-order valence-electron chi connectivity index (χ4n) is 1.73. The highest BCUT2D eigenvalue weighted by Gasteiger charge is 2.16. The minimum absolute atomic E-state index is 0.0794. The maximum Gasteiger partial charge on any atom is 0.330 e. The smallest absolute Gasteiger partial charge is 0.330 e. The number of hydrogen-bond donors (Lipinski definition) is 0. The molecule has 0 bridgehead atoms. The van der Waals surface area contributed by atoms with Gasteiger partial charge in [0.25, 0.3) is 5.88 Å². The molecule has 0 N–H and O–H groups in total. The van der Waals surface area contributed by atoms with Gasteiger partial charge >= 0.3 is 5.69 Å². The Morgan fingerprint density at radius 2 is 2.28 bits per heavy atom. The van der Waals surface area contributed by atoms with E-state index in [9.17, 15) is 10.1 Å². The van der Waals surface area contributed by atoms with Gasteiger partial charge in [-0.15, -0.1) is 0 Å². The molecule has 18 heavy (non-hydrogen) atoms. The fourth-order valence-corrected chi connectivity index (χ4v) is 1.73. The number of nitrogens with zero attached hydrogens (tertiary/aromatic N) is 3. The van der Waals surface area contributed by atoms with Crippen LogP contribution in [0.25, 0.3) is 0 Å². The summed E-state index contributed by atoms with van der Waals surface area (Å²) in [6.45, 7) is 4.30. The summed E-state index contributed by atoms with van der Waals surface area (Å²) in [4.78, 5) is 16.3. The Hall–Kier alpha value is -1.73. The van der Waals surface area contributed by atoms with Crippen molar-refractivity contribution in [3.8, 4) is 5.88 Å². The number of aromatic nitrogens is 1. The van der Waals surface area contributed by atoms with E-state index in [4.69, 9.17) is 9.47 Å². The summed E-state index contributed by atoms with van der Waals surface area (Å²) in [6, 6.07) is 2.91. The zero-order chi connectivity index (χ0) is 12.8.